The molecule has 0 aliphatic heterocycles. The van der Waals surface area contributed by atoms with E-state index in [0.717, 1.165) is 22.6 Å². The minimum atomic E-state index is -3.69. The topological polar surface area (TPSA) is 94.3 Å². The quantitative estimate of drug-likeness (QED) is 0.754. The largest absolute Gasteiger partial charge is 0.491 e. The van der Waals surface area contributed by atoms with Crippen LogP contribution in [0.2, 0.25) is 0 Å². The van der Waals surface area contributed by atoms with Gasteiger partial charge in [-0.3, -0.25) is 0 Å². The maximum absolute atomic E-state index is 11.2. The standard InChI is InChI=1S/C14H19N3O3S2/c1-10(2)11-5-3-4-6-12(11)20-8-7-16-14-17-9-13(21-14)22(15,18)19/h3-6,9-10H,7-8H2,1-2H3,(H,16,17)(H2,15,18,19). The van der Waals surface area contributed by atoms with Crippen LogP contribution in [-0.2, 0) is 10.0 Å². The lowest BCUT2D eigenvalue weighted by Gasteiger charge is -2.13. The third-order valence-electron chi connectivity index (χ3n) is 2.94. The Hall–Kier alpha value is -1.64. The van der Waals surface area contributed by atoms with Crippen LogP contribution in [0.15, 0.2) is 34.7 Å². The Labute approximate surface area is 134 Å². The van der Waals surface area contributed by atoms with Gasteiger partial charge >= 0.3 is 0 Å². The number of hydrogen-bond donors (Lipinski definition) is 2. The van der Waals surface area contributed by atoms with E-state index in [9.17, 15) is 8.42 Å². The van der Waals surface area contributed by atoms with E-state index in [1.54, 1.807) is 0 Å². The lowest BCUT2D eigenvalue weighted by Crippen LogP contribution is -2.12. The molecule has 0 saturated heterocycles. The van der Waals surface area contributed by atoms with Gasteiger partial charge in [-0.2, -0.15) is 0 Å². The average molecular weight is 341 g/mol. The second kappa shape index (κ2) is 7.08. The Balaban J connectivity index is 1.86. The number of nitrogens with two attached hydrogens (primary N) is 1. The van der Waals surface area contributed by atoms with Crippen LogP contribution in [0.25, 0.3) is 0 Å². The average Bonchev–Trinajstić information content (AvgIpc) is 2.93. The van der Waals surface area contributed by atoms with Crippen LogP contribution in [-0.4, -0.2) is 26.6 Å². The van der Waals surface area contributed by atoms with Crippen LogP contribution in [0, 0.1) is 0 Å². The van der Waals surface area contributed by atoms with Gasteiger partial charge in [0.05, 0.1) is 12.7 Å². The summed E-state index contributed by atoms with van der Waals surface area (Å²) in [6.07, 6.45) is 1.25. The lowest BCUT2D eigenvalue weighted by atomic mass is 10.0. The number of benzene rings is 1. The van der Waals surface area contributed by atoms with Crippen molar-refractivity contribution in [2.75, 3.05) is 18.5 Å². The molecule has 1 aromatic carbocycles. The van der Waals surface area contributed by atoms with E-state index >= 15 is 0 Å². The summed E-state index contributed by atoms with van der Waals surface area (Å²) in [7, 11) is -3.69. The van der Waals surface area contributed by atoms with Crippen molar-refractivity contribution in [3.8, 4) is 5.75 Å². The van der Waals surface area contributed by atoms with Gasteiger partial charge in [0.15, 0.2) is 9.34 Å². The fraction of sp³-hybridized carbons (Fsp3) is 0.357. The molecular weight excluding hydrogens is 322 g/mol. The van der Waals surface area contributed by atoms with Gasteiger partial charge in [-0.25, -0.2) is 18.5 Å². The fourth-order valence-corrected chi connectivity index (χ4v) is 3.36. The van der Waals surface area contributed by atoms with Crippen LogP contribution in [0.3, 0.4) is 0 Å². The van der Waals surface area contributed by atoms with Gasteiger partial charge in [0, 0.05) is 0 Å². The number of sulfonamides is 1. The van der Waals surface area contributed by atoms with E-state index in [4.69, 9.17) is 9.88 Å². The molecule has 0 aliphatic carbocycles. The molecule has 0 saturated carbocycles. The summed E-state index contributed by atoms with van der Waals surface area (Å²) in [5.74, 6) is 1.25. The van der Waals surface area contributed by atoms with Crippen LogP contribution >= 0.6 is 11.3 Å². The van der Waals surface area contributed by atoms with Crippen LogP contribution < -0.4 is 15.2 Å². The highest BCUT2D eigenvalue weighted by Gasteiger charge is 2.12. The van der Waals surface area contributed by atoms with Gasteiger partial charge in [-0.1, -0.05) is 43.4 Å². The van der Waals surface area contributed by atoms with E-state index in [2.05, 4.69) is 24.1 Å². The maximum atomic E-state index is 11.2. The third kappa shape index (κ3) is 4.43. The number of hydrogen-bond acceptors (Lipinski definition) is 6. The first-order valence-electron chi connectivity index (χ1n) is 6.82. The Morgan fingerprint density at radius 1 is 1.36 bits per heavy atom. The van der Waals surface area contributed by atoms with Gasteiger partial charge < -0.3 is 10.1 Å². The first kappa shape index (κ1) is 16.7. The van der Waals surface area contributed by atoms with E-state index < -0.39 is 10.0 Å². The molecule has 0 bridgehead atoms. The van der Waals surface area contributed by atoms with Crippen molar-refractivity contribution < 1.29 is 13.2 Å². The SMILES string of the molecule is CC(C)c1ccccc1OCCNc1ncc(S(N)(=O)=O)s1. The van der Waals surface area contributed by atoms with Crippen LogP contribution in [0.5, 0.6) is 5.75 Å². The second-order valence-electron chi connectivity index (χ2n) is 5.00. The molecular formula is C14H19N3O3S2. The maximum Gasteiger partial charge on any atom is 0.249 e. The Morgan fingerprint density at radius 3 is 2.73 bits per heavy atom. The van der Waals surface area contributed by atoms with Crippen molar-refractivity contribution >= 4 is 26.5 Å². The molecule has 22 heavy (non-hydrogen) atoms. The Bertz CT molecular complexity index is 726. The highest BCUT2D eigenvalue weighted by molar-refractivity contribution is 7.91. The number of primary sulfonamides is 1. The molecule has 120 valence electrons. The number of thiazole rings is 1. The highest BCUT2D eigenvalue weighted by Crippen LogP contribution is 2.26. The lowest BCUT2D eigenvalue weighted by molar-refractivity contribution is 0.328. The zero-order valence-electron chi connectivity index (χ0n) is 12.4. The molecule has 6 nitrogen and oxygen atoms in total. The van der Waals surface area contributed by atoms with Gasteiger partial charge in [0.25, 0.3) is 0 Å². The number of aromatic nitrogens is 1. The number of anilines is 1. The number of nitrogens with zero attached hydrogens (tertiary/aromatic N) is 1. The monoisotopic (exact) mass is 341 g/mol. The summed E-state index contributed by atoms with van der Waals surface area (Å²) >= 11 is 1.00. The molecule has 0 fully saturated rings. The molecule has 0 spiro atoms. The first-order valence-corrected chi connectivity index (χ1v) is 9.18. The highest BCUT2D eigenvalue weighted by atomic mass is 32.2. The van der Waals surface area contributed by atoms with E-state index in [1.807, 2.05) is 24.3 Å². The molecule has 8 heteroatoms. The predicted molar refractivity (Wildman–Crippen MR) is 88.0 cm³/mol. The van der Waals surface area contributed by atoms with Crippen molar-refractivity contribution in [3.63, 3.8) is 0 Å². The zero-order chi connectivity index (χ0) is 16.2. The fourth-order valence-electron chi connectivity index (χ4n) is 1.88. The summed E-state index contributed by atoms with van der Waals surface area (Å²) in [5, 5.41) is 8.56. The molecule has 1 aromatic heterocycles. The normalized spacial score (nSPS) is 11.6. The van der Waals surface area contributed by atoms with Gasteiger partial charge in [-0.15, -0.1) is 0 Å². The van der Waals surface area contributed by atoms with E-state index in [-0.39, 0.29) is 4.21 Å². The molecule has 0 unspecified atom stereocenters. The number of ether oxygens (including phenoxy) is 1. The summed E-state index contributed by atoms with van der Waals surface area (Å²) in [6.45, 7) is 5.20. The summed E-state index contributed by atoms with van der Waals surface area (Å²) < 4.78 is 28.1. The molecule has 0 amide bonds. The van der Waals surface area contributed by atoms with E-state index in [0.29, 0.717) is 24.2 Å². The predicted octanol–water partition coefficient (Wildman–Crippen LogP) is 2.40. The smallest absolute Gasteiger partial charge is 0.249 e. The minimum absolute atomic E-state index is 0.0427. The van der Waals surface area contributed by atoms with Gasteiger partial charge in [0.2, 0.25) is 10.0 Å². The second-order valence-corrected chi connectivity index (χ2v) is 7.82. The Morgan fingerprint density at radius 2 is 2.09 bits per heavy atom. The number of rotatable bonds is 7. The van der Waals surface area contributed by atoms with Crippen molar-refractivity contribution in [1.29, 1.82) is 0 Å². The minimum Gasteiger partial charge on any atom is -0.491 e. The number of nitrogens with one attached hydrogen (secondary N) is 1. The van der Waals surface area contributed by atoms with E-state index in [1.165, 1.54) is 6.20 Å². The van der Waals surface area contributed by atoms with Gasteiger partial charge in [0.1, 0.15) is 12.4 Å². The molecule has 0 atom stereocenters. The van der Waals surface area contributed by atoms with Crippen LogP contribution in [0.4, 0.5) is 5.13 Å². The van der Waals surface area contributed by atoms with Crippen LogP contribution in [0.1, 0.15) is 25.3 Å². The summed E-state index contributed by atoms with van der Waals surface area (Å²) in [5.41, 5.74) is 1.16. The van der Waals surface area contributed by atoms with Crippen molar-refractivity contribution in [3.05, 3.63) is 36.0 Å². The Kier molecular flexibility index (Phi) is 5.38. The summed E-state index contributed by atoms with van der Waals surface area (Å²) in [6, 6.07) is 7.92. The number of para-hydroxylation sites is 1. The van der Waals surface area contributed by atoms with Gasteiger partial charge in [-0.05, 0) is 17.5 Å². The summed E-state index contributed by atoms with van der Waals surface area (Å²) in [4.78, 5) is 3.97. The zero-order valence-corrected chi connectivity index (χ0v) is 14.1. The molecule has 0 radical (unpaired) electrons. The van der Waals surface area contributed by atoms with Crippen molar-refractivity contribution in [2.24, 2.45) is 5.14 Å². The first-order chi connectivity index (χ1) is 10.4. The molecule has 0 aliphatic rings. The van der Waals surface area contributed by atoms with Crippen molar-refractivity contribution in [1.82, 2.24) is 4.98 Å². The molecule has 1 heterocycles. The third-order valence-corrected chi connectivity index (χ3v) is 5.30. The molecule has 2 aromatic rings. The van der Waals surface area contributed by atoms with Crippen molar-refractivity contribution in [2.45, 2.75) is 24.0 Å². The molecule has 2 rings (SSSR count). The molecule has 3 N–H and O–H groups in total.